The summed E-state index contributed by atoms with van der Waals surface area (Å²) in [5, 5.41) is 5.86. The first-order valence-corrected chi connectivity index (χ1v) is 14.3. The lowest BCUT2D eigenvalue weighted by Gasteiger charge is -2.36. The summed E-state index contributed by atoms with van der Waals surface area (Å²) in [5.41, 5.74) is 2.17. The summed E-state index contributed by atoms with van der Waals surface area (Å²) in [6.07, 6.45) is 4.90. The van der Waals surface area contributed by atoms with Crippen molar-refractivity contribution in [2.45, 2.75) is 131 Å². The fraction of sp³-hybridized carbons (Fsp3) is 0.710. The number of rotatable bonds is 14. The number of aryl methyl sites for hydroxylation is 1. The number of unbranched alkanes of at least 4 members (excludes halogenated alkanes) is 4. The second-order valence-corrected chi connectivity index (χ2v) is 12.1. The molecule has 0 aliphatic carbocycles. The molecule has 0 bridgehead atoms. The molecule has 1 aromatic carbocycles. The molecule has 0 aliphatic rings. The molecule has 1 aromatic rings. The number of hydrogen-bond acceptors (Lipinski definition) is 4. The Morgan fingerprint density at radius 2 is 1.58 bits per heavy atom. The zero-order chi connectivity index (χ0) is 29.0. The van der Waals surface area contributed by atoms with Crippen LogP contribution in [0.15, 0.2) is 18.2 Å². The van der Waals surface area contributed by atoms with E-state index >= 15 is 0 Å². The summed E-state index contributed by atoms with van der Waals surface area (Å²) in [4.78, 5) is 42.4. The fourth-order valence-electron chi connectivity index (χ4n) is 4.48. The van der Waals surface area contributed by atoms with Gasteiger partial charge in [-0.25, -0.2) is 4.79 Å². The van der Waals surface area contributed by atoms with Crippen LogP contribution in [0.3, 0.4) is 0 Å². The van der Waals surface area contributed by atoms with Gasteiger partial charge in [-0.15, -0.1) is 0 Å². The van der Waals surface area contributed by atoms with E-state index in [-0.39, 0.29) is 23.8 Å². The van der Waals surface area contributed by atoms with E-state index in [9.17, 15) is 14.4 Å². The summed E-state index contributed by atoms with van der Waals surface area (Å²) >= 11 is 0. The molecule has 2 atom stereocenters. The van der Waals surface area contributed by atoms with Crippen LogP contribution in [0.1, 0.15) is 117 Å². The molecule has 3 amide bonds. The Bertz CT molecular complexity index is 905. The third-order valence-corrected chi connectivity index (χ3v) is 6.41. The molecular weight excluding hydrogens is 478 g/mol. The van der Waals surface area contributed by atoms with Crippen LogP contribution in [0.5, 0.6) is 0 Å². The van der Waals surface area contributed by atoms with E-state index in [0.717, 1.165) is 48.8 Å². The Morgan fingerprint density at radius 3 is 2.13 bits per heavy atom. The van der Waals surface area contributed by atoms with Crippen LogP contribution in [0.2, 0.25) is 0 Å². The van der Waals surface area contributed by atoms with Crippen LogP contribution in [0.4, 0.5) is 4.79 Å². The lowest BCUT2D eigenvalue weighted by atomic mass is 9.93. The number of hydrogen-bond donors (Lipinski definition) is 2. The van der Waals surface area contributed by atoms with Crippen molar-refractivity contribution >= 4 is 17.9 Å². The molecule has 0 saturated carbocycles. The Balaban J connectivity index is 3.54. The standard InChI is InChI=1S/C31H53N3O4/c1-11-12-13-14-15-19-34(29(36)26(20-21(2)3)33-30(37)38-31(8,9)10)27(28(35)32-22(4)5)25-18-16-17-23(6)24(25)7/h16-18,21-22,26-27H,11-15,19-20H2,1-10H3,(H,32,35)(H,33,37). The van der Waals surface area contributed by atoms with Gasteiger partial charge in [0.1, 0.15) is 17.7 Å². The van der Waals surface area contributed by atoms with E-state index in [1.54, 1.807) is 25.7 Å². The number of amides is 3. The van der Waals surface area contributed by atoms with Crippen molar-refractivity contribution in [2.75, 3.05) is 6.54 Å². The molecule has 0 saturated heterocycles. The van der Waals surface area contributed by atoms with Gasteiger partial charge < -0.3 is 20.3 Å². The Labute approximate surface area is 231 Å². The zero-order valence-electron chi connectivity index (χ0n) is 25.6. The number of carbonyl (C=O) groups is 3. The molecule has 216 valence electrons. The van der Waals surface area contributed by atoms with E-state index in [2.05, 4.69) is 17.6 Å². The molecule has 7 heteroatoms. The maximum atomic E-state index is 14.3. The lowest BCUT2D eigenvalue weighted by Crippen LogP contribution is -2.54. The van der Waals surface area contributed by atoms with Crippen molar-refractivity contribution in [3.8, 4) is 0 Å². The molecule has 2 N–H and O–H groups in total. The quantitative estimate of drug-likeness (QED) is 0.265. The first-order valence-electron chi connectivity index (χ1n) is 14.3. The normalized spacial score (nSPS) is 13.3. The third kappa shape index (κ3) is 11.4. The maximum absolute atomic E-state index is 14.3. The number of carbonyl (C=O) groups excluding carboxylic acids is 3. The van der Waals surface area contributed by atoms with Crippen LogP contribution in [-0.4, -0.2) is 47.0 Å². The van der Waals surface area contributed by atoms with Gasteiger partial charge in [-0.2, -0.15) is 0 Å². The van der Waals surface area contributed by atoms with Gasteiger partial charge in [0.2, 0.25) is 11.8 Å². The maximum Gasteiger partial charge on any atom is 0.408 e. The first kappa shape index (κ1) is 33.5. The highest BCUT2D eigenvalue weighted by molar-refractivity contribution is 5.92. The van der Waals surface area contributed by atoms with E-state index < -0.39 is 23.8 Å². The van der Waals surface area contributed by atoms with Gasteiger partial charge in [0.15, 0.2) is 0 Å². The summed E-state index contributed by atoms with van der Waals surface area (Å²) in [6, 6.07) is 4.19. The molecule has 0 spiro atoms. The number of nitrogens with one attached hydrogen (secondary N) is 2. The molecule has 1 rings (SSSR count). The topological polar surface area (TPSA) is 87.7 Å². The van der Waals surface area contributed by atoms with E-state index in [1.165, 1.54) is 0 Å². The number of benzene rings is 1. The van der Waals surface area contributed by atoms with Gasteiger partial charge in [-0.3, -0.25) is 9.59 Å². The molecular formula is C31H53N3O4. The second-order valence-electron chi connectivity index (χ2n) is 12.1. The molecule has 38 heavy (non-hydrogen) atoms. The Kier molecular flexibility index (Phi) is 13.9. The largest absolute Gasteiger partial charge is 0.444 e. The second kappa shape index (κ2) is 15.7. The fourth-order valence-corrected chi connectivity index (χ4v) is 4.48. The van der Waals surface area contributed by atoms with Crippen molar-refractivity contribution in [1.82, 2.24) is 15.5 Å². The molecule has 0 radical (unpaired) electrons. The van der Waals surface area contributed by atoms with Gasteiger partial charge in [-0.05, 0) is 83.9 Å². The van der Waals surface area contributed by atoms with Crippen LogP contribution in [0, 0.1) is 19.8 Å². The minimum atomic E-state index is -0.806. The predicted octanol–water partition coefficient (Wildman–Crippen LogP) is 6.61. The molecule has 7 nitrogen and oxygen atoms in total. The third-order valence-electron chi connectivity index (χ3n) is 6.41. The summed E-state index contributed by atoms with van der Waals surface area (Å²) in [7, 11) is 0. The van der Waals surface area contributed by atoms with Crippen LogP contribution < -0.4 is 10.6 Å². The monoisotopic (exact) mass is 531 g/mol. The zero-order valence-corrected chi connectivity index (χ0v) is 25.6. The molecule has 2 unspecified atom stereocenters. The minimum absolute atomic E-state index is 0.0806. The van der Waals surface area contributed by atoms with Gasteiger partial charge in [0, 0.05) is 12.6 Å². The molecule has 0 aromatic heterocycles. The average molecular weight is 532 g/mol. The van der Waals surface area contributed by atoms with E-state index in [0.29, 0.717) is 13.0 Å². The van der Waals surface area contributed by atoms with E-state index in [4.69, 9.17) is 4.74 Å². The van der Waals surface area contributed by atoms with Gasteiger partial charge >= 0.3 is 6.09 Å². The van der Waals surface area contributed by atoms with Crippen molar-refractivity contribution < 1.29 is 19.1 Å². The molecule has 0 heterocycles. The van der Waals surface area contributed by atoms with Gasteiger partial charge in [0.25, 0.3) is 0 Å². The smallest absolute Gasteiger partial charge is 0.408 e. The highest BCUT2D eigenvalue weighted by Gasteiger charge is 2.37. The highest BCUT2D eigenvalue weighted by Crippen LogP contribution is 2.29. The Morgan fingerprint density at radius 1 is 0.947 bits per heavy atom. The summed E-state index contributed by atoms with van der Waals surface area (Å²) in [5.74, 6) is -0.324. The molecule has 0 aliphatic heterocycles. The molecule has 0 fully saturated rings. The van der Waals surface area contributed by atoms with E-state index in [1.807, 2.05) is 59.7 Å². The van der Waals surface area contributed by atoms with Crippen molar-refractivity contribution in [3.05, 3.63) is 34.9 Å². The Hall–Kier alpha value is -2.57. The first-order chi connectivity index (χ1) is 17.7. The minimum Gasteiger partial charge on any atom is -0.444 e. The number of nitrogens with zero attached hydrogens (tertiary/aromatic N) is 1. The van der Waals surface area contributed by atoms with Crippen molar-refractivity contribution in [1.29, 1.82) is 0 Å². The highest BCUT2D eigenvalue weighted by atomic mass is 16.6. The van der Waals surface area contributed by atoms with Crippen molar-refractivity contribution in [3.63, 3.8) is 0 Å². The summed E-state index contributed by atoms with van der Waals surface area (Å²) < 4.78 is 5.49. The van der Waals surface area contributed by atoms with Crippen LogP contribution >= 0.6 is 0 Å². The number of alkyl carbamates (subject to hydrolysis) is 1. The van der Waals surface area contributed by atoms with Crippen LogP contribution in [0.25, 0.3) is 0 Å². The lowest BCUT2D eigenvalue weighted by molar-refractivity contribution is -0.143. The van der Waals surface area contributed by atoms with Gasteiger partial charge in [-0.1, -0.05) is 64.7 Å². The SMILES string of the molecule is CCCCCCCN(C(=O)C(CC(C)C)NC(=O)OC(C)(C)C)C(C(=O)NC(C)C)c1cccc(C)c1C. The van der Waals surface area contributed by atoms with Crippen molar-refractivity contribution in [2.24, 2.45) is 5.92 Å². The van der Waals surface area contributed by atoms with Crippen LogP contribution in [-0.2, 0) is 14.3 Å². The average Bonchev–Trinajstić information content (AvgIpc) is 2.77. The summed E-state index contributed by atoms with van der Waals surface area (Å²) in [6.45, 7) is 19.8. The number of ether oxygens (including phenoxy) is 1. The van der Waals surface area contributed by atoms with Gasteiger partial charge in [0.05, 0.1) is 0 Å². The predicted molar refractivity (Wildman–Crippen MR) is 155 cm³/mol.